The number of thiazole rings is 1. The lowest BCUT2D eigenvalue weighted by molar-refractivity contribution is -0.136. The lowest BCUT2D eigenvalue weighted by atomic mass is 9.95. The third-order valence-electron chi connectivity index (χ3n) is 5.57. The van der Waals surface area contributed by atoms with Crippen LogP contribution < -0.4 is 24.4 Å². The van der Waals surface area contributed by atoms with Crippen molar-refractivity contribution in [2.24, 2.45) is 4.99 Å². The summed E-state index contributed by atoms with van der Waals surface area (Å²) in [6.45, 7) is 4.28. The number of esters is 1. The Bertz CT molecular complexity index is 1420. The number of aromatic nitrogens is 1. The summed E-state index contributed by atoms with van der Waals surface area (Å²) in [4.78, 5) is 31.8. The van der Waals surface area contributed by atoms with E-state index in [1.54, 1.807) is 17.8 Å². The van der Waals surface area contributed by atoms with Crippen LogP contribution in [0.15, 0.2) is 69.6 Å². The van der Waals surface area contributed by atoms with Gasteiger partial charge in [0.2, 0.25) is 0 Å². The van der Waals surface area contributed by atoms with Crippen LogP contribution in [-0.4, -0.2) is 31.4 Å². The molecule has 176 valence electrons. The lowest BCUT2D eigenvalue weighted by Crippen LogP contribution is -2.40. The van der Waals surface area contributed by atoms with Gasteiger partial charge in [0.05, 0.1) is 42.7 Å². The number of ether oxygens (including phenoxy) is 3. The lowest BCUT2D eigenvalue weighted by Gasteiger charge is -2.25. The minimum absolute atomic E-state index is 0.237. The smallest absolute Gasteiger partial charge is 0.338 e. The molecule has 7 nitrogen and oxygen atoms in total. The third-order valence-corrected chi connectivity index (χ3v) is 6.55. The number of methoxy groups -OCH3 is 2. The molecule has 4 rings (SSSR count). The first-order valence-corrected chi connectivity index (χ1v) is 11.8. The van der Waals surface area contributed by atoms with E-state index in [9.17, 15) is 9.59 Å². The molecule has 1 atom stereocenters. The van der Waals surface area contributed by atoms with Gasteiger partial charge < -0.3 is 14.2 Å². The highest BCUT2D eigenvalue weighted by molar-refractivity contribution is 7.07. The Morgan fingerprint density at radius 1 is 1.12 bits per heavy atom. The highest BCUT2D eigenvalue weighted by Gasteiger charge is 2.33. The normalized spacial score (nSPS) is 15.5. The molecule has 0 radical (unpaired) electrons. The predicted octanol–water partition coefficient (Wildman–Crippen LogP) is 3.21. The van der Waals surface area contributed by atoms with Crippen LogP contribution in [0.2, 0.25) is 0 Å². The maximum atomic E-state index is 13.7. The predicted molar refractivity (Wildman–Crippen MR) is 131 cm³/mol. The molecule has 2 heterocycles. The van der Waals surface area contributed by atoms with Crippen molar-refractivity contribution in [1.82, 2.24) is 4.57 Å². The van der Waals surface area contributed by atoms with E-state index in [2.05, 4.69) is 4.99 Å². The quantitative estimate of drug-likeness (QED) is 0.488. The Balaban J connectivity index is 1.99. The second-order valence-corrected chi connectivity index (χ2v) is 8.52. The van der Waals surface area contributed by atoms with Crippen molar-refractivity contribution < 1.29 is 19.0 Å². The van der Waals surface area contributed by atoms with E-state index in [1.165, 1.54) is 18.4 Å². The van der Waals surface area contributed by atoms with Gasteiger partial charge in [-0.15, -0.1) is 0 Å². The largest absolute Gasteiger partial charge is 0.493 e. The fourth-order valence-corrected chi connectivity index (χ4v) is 5.07. The Labute approximate surface area is 201 Å². The van der Waals surface area contributed by atoms with Crippen LogP contribution >= 0.6 is 11.3 Å². The van der Waals surface area contributed by atoms with Crippen molar-refractivity contribution >= 4 is 23.4 Å². The number of allylic oxidation sites excluding steroid dienone is 1. The highest BCUT2D eigenvalue weighted by atomic mass is 32.1. The first-order valence-electron chi connectivity index (χ1n) is 11.0. The summed E-state index contributed by atoms with van der Waals surface area (Å²) in [6.07, 6.45) is 2.32. The molecule has 1 aliphatic rings. The number of hydrogen-bond donors (Lipinski definition) is 0. The van der Waals surface area contributed by atoms with Gasteiger partial charge in [-0.05, 0) is 31.1 Å². The number of hydrogen-bond acceptors (Lipinski definition) is 7. The zero-order valence-corrected chi connectivity index (χ0v) is 20.3. The number of nitrogens with zero attached hydrogens (tertiary/aromatic N) is 2. The van der Waals surface area contributed by atoms with E-state index < -0.39 is 12.0 Å². The summed E-state index contributed by atoms with van der Waals surface area (Å²) >= 11 is 1.28. The number of carbonyl (C=O) groups excluding carboxylic acids is 1. The van der Waals surface area contributed by atoms with E-state index >= 15 is 0 Å². The molecule has 0 amide bonds. The molecule has 2 aromatic carbocycles. The summed E-state index contributed by atoms with van der Waals surface area (Å²) in [7, 11) is 2.92. The fraction of sp³-hybridized carbons (Fsp3) is 0.269. The van der Waals surface area contributed by atoms with Crippen molar-refractivity contribution in [2.75, 3.05) is 20.8 Å². The van der Waals surface area contributed by atoms with Crippen molar-refractivity contribution in [1.29, 1.82) is 0 Å². The maximum absolute atomic E-state index is 13.7. The summed E-state index contributed by atoms with van der Waals surface area (Å²) in [5.41, 5.74) is 2.30. The SMILES string of the molecule is CCOc1c(/C=c2/sc3n(c2=O)[C@H](c2ccccc2)C(C(=O)OC)=C(CC)N=3)cccc1OC. The second kappa shape index (κ2) is 10.1. The highest BCUT2D eigenvalue weighted by Crippen LogP contribution is 2.33. The van der Waals surface area contributed by atoms with Crippen LogP contribution in [0.1, 0.15) is 37.4 Å². The van der Waals surface area contributed by atoms with Crippen molar-refractivity contribution in [3.05, 3.63) is 90.6 Å². The molecule has 0 saturated heterocycles. The molecule has 8 heteroatoms. The van der Waals surface area contributed by atoms with Crippen LogP contribution in [0, 0.1) is 0 Å². The Hall–Kier alpha value is -3.65. The second-order valence-electron chi connectivity index (χ2n) is 7.51. The third kappa shape index (κ3) is 4.17. The van der Waals surface area contributed by atoms with Gasteiger partial charge in [-0.2, -0.15) is 0 Å². The first kappa shape index (κ1) is 23.5. The molecule has 0 aliphatic carbocycles. The van der Waals surface area contributed by atoms with Gasteiger partial charge in [-0.1, -0.05) is 60.7 Å². The molecular formula is C26H26N2O5S. The van der Waals surface area contributed by atoms with Gasteiger partial charge in [0.1, 0.15) is 0 Å². The van der Waals surface area contributed by atoms with Crippen molar-refractivity contribution in [3.63, 3.8) is 0 Å². The summed E-state index contributed by atoms with van der Waals surface area (Å²) < 4.78 is 18.4. The topological polar surface area (TPSA) is 79.1 Å². The molecule has 34 heavy (non-hydrogen) atoms. The minimum atomic E-state index is -0.626. The fourth-order valence-electron chi connectivity index (χ4n) is 4.06. The standard InChI is InChI=1S/C26H26N2O5S/c1-5-18-21(25(30)32-4)22(16-11-8-7-9-12-16)28-24(29)20(34-26(28)27-18)15-17-13-10-14-19(31-3)23(17)33-6-2/h7-15,22H,5-6H2,1-4H3/b20-15+/t22-/m1/s1. The number of para-hydroxylation sites is 1. The number of benzene rings is 2. The molecular weight excluding hydrogens is 452 g/mol. The average Bonchev–Trinajstić information content (AvgIpc) is 3.18. The van der Waals surface area contributed by atoms with Gasteiger partial charge >= 0.3 is 5.97 Å². The summed E-state index contributed by atoms with van der Waals surface area (Å²) in [5.74, 6) is 0.671. The zero-order chi connectivity index (χ0) is 24.2. The van der Waals surface area contributed by atoms with Crippen LogP contribution in [0.25, 0.3) is 6.08 Å². The van der Waals surface area contributed by atoms with Gasteiger partial charge in [-0.3, -0.25) is 9.36 Å². The molecule has 0 spiro atoms. The monoisotopic (exact) mass is 478 g/mol. The minimum Gasteiger partial charge on any atom is -0.493 e. The Morgan fingerprint density at radius 2 is 1.88 bits per heavy atom. The number of rotatable bonds is 7. The first-order chi connectivity index (χ1) is 16.5. The molecule has 1 aliphatic heterocycles. The van der Waals surface area contributed by atoms with E-state index in [1.807, 2.05) is 62.4 Å². The van der Waals surface area contributed by atoms with E-state index in [0.717, 1.165) is 11.1 Å². The summed E-state index contributed by atoms with van der Waals surface area (Å²) in [6, 6.07) is 14.4. The van der Waals surface area contributed by atoms with Crippen LogP contribution in [0.4, 0.5) is 0 Å². The van der Waals surface area contributed by atoms with Gasteiger partial charge in [0.25, 0.3) is 5.56 Å². The van der Waals surface area contributed by atoms with Gasteiger partial charge in [-0.25, -0.2) is 9.79 Å². The zero-order valence-electron chi connectivity index (χ0n) is 19.5. The van der Waals surface area contributed by atoms with E-state index in [0.29, 0.717) is 45.1 Å². The molecule has 0 bridgehead atoms. The Kier molecular flexibility index (Phi) is 6.98. The maximum Gasteiger partial charge on any atom is 0.338 e. The van der Waals surface area contributed by atoms with Gasteiger partial charge in [0.15, 0.2) is 16.3 Å². The molecule has 1 aromatic heterocycles. The molecule has 0 N–H and O–H groups in total. The van der Waals surface area contributed by atoms with Crippen LogP contribution in [0.3, 0.4) is 0 Å². The summed E-state index contributed by atoms with van der Waals surface area (Å²) in [5, 5.41) is 0. The Morgan fingerprint density at radius 3 is 2.53 bits per heavy atom. The van der Waals surface area contributed by atoms with Crippen molar-refractivity contribution in [3.8, 4) is 11.5 Å². The average molecular weight is 479 g/mol. The van der Waals surface area contributed by atoms with E-state index in [4.69, 9.17) is 14.2 Å². The molecule has 0 fully saturated rings. The number of carbonyl (C=O) groups is 1. The van der Waals surface area contributed by atoms with Gasteiger partial charge in [0, 0.05) is 5.56 Å². The van der Waals surface area contributed by atoms with Crippen molar-refractivity contribution in [2.45, 2.75) is 26.3 Å². The molecule has 3 aromatic rings. The molecule has 0 unspecified atom stereocenters. The van der Waals surface area contributed by atoms with Crippen LogP contribution in [0.5, 0.6) is 11.5 Å². The number of fused-ring (bicyclic) bond motifs is 1. The van der Waals surface area contributed by atoms with Crippen LogP contribution in [-0.2, 0) is 9.53 Å². The van der Waals surface area contributed by atoms with E-state index in [-0.39, 0.29) is 5.56 Å². The molecule has 0 saturated carbocycles.